The number of aryl methyl sites for hydroxylation is 1. The second kappa shape index (κ2) is 9.57. The first-order valence-electron chi connectivity index (χ1n) is 11.5. The Balaban J connectivity index is 0.000000364. The van der Waals surface area contributed by atoms with Crippen LogP contribution in [0.3, 0.4) is 0 Å². The number of hydrogen-bond acceptors (Lipinski definition) is 6. The van der Waals surface area contributed by atoms with E-state index in [1.807, 2.05) is 0 Å². The van der Waals surface area contributed by atoms with Gasteiger partial charge in [-0.1, -0.05) is 24.3 Å². The van der Waals surface area contributed by atoms with E-state index in [2.05, 4.69) is 68.1 Å². The number of aromatic nitrogens is 3. The molecule has 1 unspecified atom stereocenters. The molecule has 1 saturated carbocycles. The molecule has 2 fully saturated rings. The monoisotopic (exact) mass is 494 g/mol. The van der Waals surface area contributed by atoms with E-state index in [0.717, 1.165) is 57.8 Å². The third-order valence-corrected chi connectivity index (χ3v) is 6.89. The largest absolute Gasteiger partial charge is 0.490 e. The minimum Gasteiger partial charge on any atom is -0.475 e. The number of carboxylic acids is 1. The van der Waals surface area contributed by atoms with Gasteiger partial charge in [0.15, 0.2) is 0 Å². The molecule has 1 aliphatic carbocycles. The lowest BCUT2D eigenvalue weighted by Crippen LogP contribution is -2.55. The van der Waals surface area contributed by atoms with Crippen molar-refractivity contribution in [3.63, 3.8) is 0 Å². The minimum absolute atomic E-state index is 0.0344. The van der Waals surface area contributed by atoms with Crippen LogP contribution in [0.25, 0.3) is 0 Å². The highest BCUT2D eigenvalue weighted by molar-refractivity contribution is 5.91. The normalized spacial score (nSPS) is 22.4. The lowest BCUT2D eigenvalue weighted by Gasteiger charge is -2.42. The summed E-state index contributed by atoms with van der Waals surface area (Å²) >= 11 is 0. The second-order valence-corrected chi connectivity index (χ2v) is 9.54. The van der Waals surface area contributed by atoms with Crippen LogP contribution in [0.1, 0.15) is 46.8 Å². The molecule has 1 aromatic heterocycles. The average Bonchev–Trinajstić information content (AvgIpc) is 3.37. The summed E-state index contributed by atoms with van der Waals surface area (Å²) in [4.78, 5) is 26.4. The van der Waals surface area contributed by atoms with E-state index in [-0.39, 0.29) is 11.4 Å². The first-order chi connectivity index (χ1) is 16.5. The van der Waals surface area contributed by atoms with Gasteiger partial charge >= 0.3 is 12.1 Å². The van der Waals surface area contributed by atoms with Gasteiger partial charge in [0.25, 0.3) is 5.91 Å². The summed E-state index contributed by atoms with van der Waals surface area (Å²) in [5.41, 5.74) is 2.78. The van der Waals surface area contributed by atoms with Crippen LogP contribution in [0.4, 0.5) is 13.2 Å². The number of nitrogens with zero attached hydrogens (tertiary/aromatic N) is 5. The Hall–Kier alpha value is -2.99. The molecule has 1 amide bonds. The van der Waals surface area contributed by atoms with Crippen LogP contribution in [0.2, 0.25) is 0 Å². The summed E-state index contributed by atoms with van der Waals surface area (Å²) in [5, 5.41) is 18.7. The number of likely N-dealkylation sites (N-methyl/N-ethyl adjacent to an activating group) is 1. The minimum atomic E-state index is -5.08. The number of aliphatic carboxylic acids is 1. The van der Waals surface area contributed by atoms with Crippen LogP contribution in [0.5, 0.6) is 0 Å². The molecule has 12 heteroatoms. The van der Waals surface area contributed by atoms with Gasteiger partial charge in [0, 0.05) is 32.2 Å². The molecule has 2 aliphatic heterocycles. The molecule has 9 nitrogen and oxygen atoms in total. The van der Waals surface area contributed by atoms with Crippen molar-refractivity contribution in [2.24, 2.45) is 0 Å². The fourth-order valence-corrected chi connectivity index (χ4v) is 4.60. The van der Waals surface area contributed by atoms with Crippen LogP contribution in [-0.4, -0.2) is 79.4 Å². The summed E-state index contributed by atoms with van der Waals surface area (Å²) in [6, 6.07) is 8.96. The molecule has 1 atom stereocenters. The SMILES string of the molecule is Cc1ccccc1CN1CCC2(C1)Cn1c(nnc1C(=O)NC1CC1)CN2C.O=C(O)C(F)(F)F. The zero-order valence-electron chi connectivity index (χ0n) is 19.7. The number of halogens is 3. The van der Waals surface area contributed by atoms with Crippen LogP contribution in [0, 0.1) is 6.92 Å². The number of nitrogens with one attached hydrogen (secondary N) is 1. The number of amides is 1. The van der Waals surface area contributed by atoms with Crippen molar-refractivity contribution in [2.45, 2.75) is 63.6 Å². The third kappa shape index (κ3) is 5.64. The number of likely N-dealkylation sites (tertiary alicyclic amines) is 1. The quantitative estimate of drug-likeness (QED) is 0.672. The number of rotatable bonds is 4. The van der Waals surface area contributed by atoms with Crippen molar-refractivity contribution in [3.8, 4) is 0 Å². The molecule has 35 heavy (non-hydrogen) atoms. The lowest BCUT2D eigenvalue weighted by atomic mass is 9.94. The Morgan fingerprint density at radius 1 is 1.20 bits per heavy atom. The molecule has 190 valence electrons. The highest BCUT2D eigenvalue weighted by Crippen LogP contribution is 2.35. The van der Waals surface area contributed by atoms with E-state index in [0.29, 0.717) is 11.9 Å². The van der Waals surface area contributed by atoms with Gasteiger partial charge in [0.1, 0.15) is 5.82 Å². The molecule has 2 N–H and O–H groups in total. The number of fused-ring (bicyclic) bond motifs is 1. The molecule has 5 rings (SSSR count). The van der Waals surface area contributed by atoms with Gasteiger partial charge < -0.3 is 15.0 Å². The number of carbonyl (C=O) groups excluding carboxylic acids is 1. The van der Waals surface area contributed by atoms with Crippen molar-refractivity contribution < 1.29 is 27.9 Å². The molecule has 0 radical (unpaired) electrons. The van der Waals surface area contributed by atoms with Gasteiger partial charge in [0.05, 0.1) is 12.1 Å². The van der Waals surface area contributed by atoms with Crippen molar-refractivity contribution in [3.05, 3.63) is 47.0 Å². The highest BCUT2D eigenvalue weighted by atomic mass is 19.4. The molecular weight excluding hydrogens is 465 g/mol. The van der Waals surface area contributed by atoms with Crippen molar-refractivity contribution in [2.75, 3.05) is 20.1 Å². The van der Waals surface area contributed by atoms with E-state index in [9.17, 15) is 18.0 Å². The average molecular weight is 495 g/mol. The topological polar surface area (TPSA) is 104 Å². The van der Waals surface area contributed by atoms with Gasteiger partial charge in [-0.2, -0.15) is 13.2 Å². The predicted molar refractivity (Wildman–Crippen MR) is 119 cm³/mol. The lowest BCUT2D eigenvalue weighted by molar-refractivity contribution is -0.192. The summed E-state index contributed by atoms with van der Waals surface area (Å²) in [6.45, 7) is 6.75. The molecule has 2 aromatic rings. The fourth-order valence-electron chi connectivity index (χ4n) is 4.60. The molecule has 1 spiro atoms. The Morgan fingerprint density at radius 3 is 2.51 bits per heavy atom. The van der Waals surface area contributed by atoms with E-state index in [1.165, 1.54) is 11.1 Å². The molecule has 3 aliphatic rings. The molecule has 3 heterocycles. The van der Waals surface area contributed by atoms with Gasteiger partial charge in [-0.15, -0.1) is 10.2 Å². The van der Waals surface area contributed by atoms with Crippen LogP contribution in [0.15, 0.2) is 24.3 Å². The van der Waals surface area contributed by atoms with Gasteiger partial charge in [-0.05, 0) is 44.4 Å². The fraction of sp³-hybridized carbons (Fsp3) is 0.565. The number of carboxylic acid groups (broad SMARTS) is 1. The third-order valence-electron chi connectivity index (χ3n) is 6.89. The first kappa shape index (κ1) is 25.1. The Labute approximate surface area is 200 Å². The predicted octanol–water partition coefficient (Wildman–Crippen LogP) is 2.20. The molecule has 1 saturated heterocycles. The van der Waals surface area contributed by atoms with Crippen molar-refractivity contribution in [1.82, 2.24) is 29.9 Å². The molecule has 0 bridgehead atoms. The highest BCUT2D eigenvalue weighted by Gasteiger charge is 2.46. The van der Waals surface area contributed by atoms with Crippen LogP contribution < -0.4 is 5.32 Å². The number of alkyl halides is 3. The van der Waals surface area contributed by atoms with E-state index < -0.39 is 12.1 Å². The zero-order valence-corrected chi connectivity index (χ0v) is 19.7. The maximum Gasteiger partial charge on any atom is 0.490 e. The smallest absolute Gasteiger partial charge is 0.475 e. The number of carbonyl (C=O) groups is 2. The van der Waals surface area contributed by atoms with Gasteiger partial charge in [-0.25, -0.2) is 4.79 Å². The standard InChI is InChI=1S/C21H28N6O.C2HF3O2/c1-15-5-3-4-6-16(15)11-26-10-9-21(13-26)14-27-18(12-25(21)2)23-24-19(27)20(28)22-17-7-8-17;3-2(4,5)1(6)7/h3-6,17H,7-14H2,1-2H3,(H,22,28);(H,6,7). The Kier molecular flexibility index (Phi) is 6.87. The Morgan fingerprint density at radius 2 is 1.89 bits per heavy atom. The van der Waals surface area contributed by atoms with E-state index in [4.69, 9.17) is 9.90 Å². The second-order valence-electron chi connectivity index (χ2n) is 9.54. The zero-order chi connectivity index (χ0) is 25.4. The maximum atomic E-state index is 12.6. The van der Waals surface area contributed by atoms with Gasteiger partial charge in [0.2, 0.25) is 5.82 Å². The summed E-state index contributed by atoms with van der Waals surface area (Å²) < 4.78 is 33.8. The summed E-state index contributed by atoms with van der Waals surface area (Å²) in [6.07, 6.45) is -1.84. The summed E-state index contributed by atoms with van der Waals surface area (Å²) in [5.74, 6) is -1.46. The van der Waals surface area contributed by atoms with E-state index in [1.54, 1.807) is 0 Å². The number of hydrogen-bond donors (Lipinski definition) is 2. The molecular formula is C23H29F3N6O3. The number of benzene rings is 1. The molecule has 1 aromatic carbocycles. The van der Waals surface area contributed by atoms with Gasteiger partial charge in [-0.3, -0.25) is 14.6 Å². The van der Waals surface area contributed by atoms with Crippen LogP contribution in [-0.2, 0) is 24.4 Å². The Bertz CT molecular complexity index is 1100. The summed E-state index contributed by atoms with van der Waals surface area (Å²) in [7, 11) is 2.18. The van der Waals surface area contributed by atoms with E-state index >= 15 is 0 Å². The van der Waals surface area contributed by atoms with Crippen molar-refractivity contribution in [1.29, 1.82) is 0 Å². The van der Waals surface area contributed by atoms with Crippen LogP contribution >= 0.6 is 0 Å². The van der Waals surface area contributed by atoms with Crippen molar-refractivity contribution >= 4 is 11.9 Å². The maximum absolute atomic E-state index is 12.6. The first-order valence-corrected chi connectivity index (χ1v) is 11.5.